The minimum absolute atomic E-state index is 0.915. The topological polar surface area (TPSA) is 3.24 Å². The Morgan fingerprint density at radius 1 is 1.36 bits per heavy atom. The molecule has 1 nitrogen and oxygen atoms in total. The van der Waals surface area contributed by atoms with Crippen LogP contribution in [0.25, 0.3) is 0 Å². The lowest BCUT2D eigenvalue weighted by molar-refractivity contribution is 0.133. The summed E-state index contributed by atoms with van der Waals surface area (Å²) in [4.78, 5) is 2.76. The van der Waals surface area contributed by atoms with Crippen LogP contribution in [0.4, 0.5) is 0 Å². The summed E-state index contributed by atoms with van der Waals surface area (Å²) >= 11 is 5.71. The maximum Gasteiger partial charge on any atom is 0.0194 e. The molecule has 2 atom stereocenters. The SMILES string of the molecule is BrCCC1CCCN(C2CCSC2)C1. The van der Waals surface area contributed by atoms with E-state index in [0.29, 0.717) is 0 Å². The third-order valence-electron chi connectivity index (χ3n) is 3.49. The first-order valence-corrected chi connectivity index (χ1v) is 8.05. The number of hydrogen-bond donors (Lipinski definition) is 0. The molecule has 2 unspecified atom stereocenters. The molecular formula is C11H20BrNS. The Morgan fingerprint density at radius 2 is 2.29 bits per heavy atom. The summed E-state index contributed by atoms with van der Waals surface area (Å²) in [7, 11) is 0. The van der Waals surface area contributed by atoms with Crippen molar-refractivity contribution in [3.8, 4) is 0 Å². The van der Waals surface area contributed by atoms with Crippen LogP contribution in [0.2, 0.25) is 0 Å². The molecule has 2 fully saturated rings. The summed E-state index contributed by atoms with van der Waals surface area (Å²) in [6.07, 6.45) is 5.70. The van der Waals surface area contributed by atoms with Gasteiger partial charge >= 0.3 is 0 Å². The molecule has 0 saturated carbocycles. The molecule has 0 N–H and O–H groups in total. The van der Waals surface area contributed by atoms with Crippen LogP contribution in [0.3, 0.4) is 0 Å². The van der Waals surface area contributed by atoms with E-state index >= 15 is 0 Å². The van der Waals surface area contributed by atoms with Gasteiger partial charge < -0.3 is 0 Å². The molecule has 0 aliphatic carbocycles. The normalized spacial score (nSPS) is 34.9. The second-order valence-corrected chi connectivity index (χ2v) is 6.44. The molecule has 0 aromatic heterocycles. The summed E-state index contributed by atoms with van der Waals surface area (Å²) in [5, 5.41) is 1.19. The van der Waals surface area contributed by atoms with Crippen molar-refractivity contribution in [3.63, 3.8) is 0 Å². The Kier molecular flexibility index (Phi) is 4.64. The van der Waals surface area contributed by atoms with Crippen LogP contribution in [0, 0.1) is 5.92 Å². The Hall–Kier alpha value is 0.790. The number of alkyl halides is 1. The van der Waals surface area contributed by atoms with Gasteiger partial charge in [0.15, 0.2) is 0 Å². The van der Waals surface area contributed by atoms with Gasteiger partial charge in [-0.15, -0.1) is 0 Å². The van der Waals surface area contributed by atoms with Crippen LogP contribution in [-0.2, 0) is 0 Å². The van der Waals surface area contributed by atoms with Crippen molar-refractivity contribution >= 4 is 27.7 Å². The highest BCUT2D eigenvalue weighted by molar-refractivity contribution is 9.09. The second kappa shape index (κ2) is 5.76. The molecule has 0 amide bonds. The number of thioether (sulfide) groups is 1. The highest BCUT2D eigenvalue weighted by Gasteiger charge is 2.27. The molecule has 2 aliphatic heterocycles. The zero-order valence-corrected chi connectivity index (χ0v) is 11.2. The molecule has 3 heteroatoms. The van der Waals surface area contributed by atoms with Crippen LogP contribution < -0.4 is 0 Å². The largest absolute Gasteiger partial charge is 0.299 e. The van der Waals surface area contributed by atoms with Crippen molar-refractivity contribution in [1.82, 2.24) is 4.90 Å². The van der Waals surface area contributed by atoms with Gasteiger partial charge in [-0.1, -0.05) is 15.9 Å². The van der Waals surface area contributed by atoms with Crippen LogP contribution in [0.15, 0.2) is 0 Å². The van der Waals surface area contributed by atoms with Crippen molar-refractivity contribution in [2.45, 2.75) is 31.7 Å². The summed E-state index contributed by atoms with van der Waals surface area (Å²) in [6.45, 7) is 2.74. The lowest BCUT2D eigenvalue weighted by atomic mass is 9.94. The molecule has 0 bridgehead atoms. The molecule has 2 saturated heterocycles. The third-order valence-corrected chi connectivity index (χ3v) is 5.09. The fourth-order valence-electron chi connectivity index (χ4n) is 2.63. The van der Waals surface area contributed by atoms with Gasteiger partial charge in [0.05, 0.1) is 0 Å². The first-order chi connectivity index (χ1) is 6.90. The average molecular weight is 278 g/mol. The van der Waals surface area contributed by atoms with E-state index in [4.69, 9.17) is 0 Å². The summed E-state index contributed by atoms with van der Waals surface area (Å²) < 4.78 is 0. The molecule has 0 radical (unpaired) electrons. The Labute approximate surface area is 100 Å². The average Bonchev–Trinajstić information content (AvgIpc) is 2.71. The number of hydrogen-bond acceptors (Lipinski definition) is 2. The lowest BCUT2D eigenvalue weighted by Gasteiger charge is -2.36. The van der Waals surface area contributed by atoms with Crippen molar-refractivity contribution in [2.75, 3.05) is 29.9 Å². The van der Waals surface area contributed by atoms with E-state index in [0.717, 1.165) is 12.0 Å². The maximum absolute atomic E-state index is 3.57. The quantitative estimate of drug-likeness (QED) is 0.730. The first-order valence-electron chi connectivity index (χ1n) is 5.78. The van der Waals surface area contributed by atoms with Gasteiger partial charge in [-0.05, 0) is 43.9 Å². The van der Waals surface area contributed by atoms with Gasteiger partial charge in [0.25, 0.3) is 0 Å². The van der Waals surface area contributed by atoms with Gasteiger partial charge in [-0.3, -0.25) is 4.90 Å². The van der Waals surface area contributed by atoms with Crippen molar-refractivity contribution in [3.05, 3.63) is 0 Å². The monoisotopic (exact) mass is 277 g/mol. The Morgan fingerprint density at radius 3 is 3.00 bits per heavy atom. The highest BCUT2D eigenvalue weighted by atomic mass is 79.9. The fraction of sp³-hybridized carbons (Fsp3) is 1.00. The van der Waals surface area contributed by atoms with Gasteiger partial charge in [-0.25, -0.2) is 0 Å². The molecular weight excluding hydrogens is 258 g/mol. The molecule has 2 aliphatic rings. The third kappa shape index (κ3) is 2.89. The molecule has 0 aromatic carbocycles. The minimum Gasteiger partial charge on any atom is -0.299 e. The molecule has 82 valence electrons. The zero-order chi connectivity index (χ0) is 9.80. The predicted octanol–water partition coefficient (Wildman–Crippen LogP) is 2.99. The molecule has 0 spiro atoms. The fourth-order valence-corrected chi connectivity index (χ4v) is 4.53. The van der Waals surface area contributed by atoms with Crippen LogP contribution in [-0.4, -0.2) is 40.9 Å². The molecule has 2 heterocycles. The van der Waals surface area contributed by atoms with Crippen LogP contribution in [0.1, 0.15) is 25.7 Å². The number of nitrogens with zero attached hydrogens (tertiary/aromatic N) is 1. The van der Waals surface area contributed by atoms with E-state index in [1.165, 1.54) is 55.6 Å². The first kappa shape index (κ1) is 11.3. The number of piperidine rings is 1. The zero-order valence-electron chi connectivity index (χ0n) is 8.75. The number of rotatable bonds is 3. The number of halogens is 1. The van der Waals surface area contributed by atoms with E-state index in [1.807, 2.05) is 0 Å². The second-order valence-electron chi connectivity index (χ2n) is 4.50. The molecule has 2 rings (SSSR count). The lowest BCUT2D eigenvalue weighted by Crippen LogP contribution is -2.42. The molecule has 0 aromatic rings. The van der Waals surface area contributed by atoms with Gasteiger partial charge in [-0.2, -0.15) is 11.8 Å². The standard InChI is InChI=1S/C11H20BrNS/c12-5-3-10-2-1-6-13(8-10)11-4-7-14-9-11/h10-11H,1-9H2. The van der Waals surface area contributed by atoms with Gasteiger partial charge in [0, 0.05) is 23.7 Å². The van der Waals surface area contributed by atoms with Crippen molar-refractivity contribution in [2.24, 2.45) is 5.92 Å². The van der Waals surface area contributed by atoms with Crippen molar-refractivity contribution in [1.29, 1.82) is 0 Å². The van der Waals surface area contributed by atoms with Gasteiger partial charge in [0.1, 0.15) is 0 Å². The van der Waals surface area contributed by atoms with E-state index in [9.17, 15) is 0 Å². The highest BCUT2D eigenvalue weighted by Crippen LogP contribution is 2.28. The molecule has 14 heavy (non-hydrogen) atoms. The maximum atomic E-state index is 3.57. The van der Waals surface area contributed by atoms with E-state index < -0.39 is 0 Å². The van der Waals surface area contributed by atoms with E-state index in [2.05, 4.69) is 32.6 Å². The van der Waals surface area contributed by atoms with Crippen LogP contribution in [0.5, 0.6) is 0 Å². The summed E-state index contributed by atoms with van der Waals surface area (Å²) in [5.74, 6) is 3.75. The number of likely N-dealkylation sites (tertiary alicyclic amines) is 1. The van der Waals surface area contributed by atoms with E-state index in [1.54, 1.807) is 0 Å². The van der Waals surface area contributed by atoms with Gasteiger partial charge in [0.2, 0.25) is 0 Å². The minimum atomic E-state index is 0.915. The predicted molar refractivity (Wildman–Crippen MR) is 68.4 cm³/mol. The summed E-state index contributed by atoms with van der Waals surface area (Å²) in [6, 6.07) is 0.915. The summed E-state index contributed by atoms with van der Waals surface area (Å²) in [5.41, 5.74) is 0. The Bertz CT molecular complexity index is 169. The smallest absolute Gasteiger partial charge is 0.0194 e. The van der Waals surface area contributed by atoms with E-state index in [-0.39, 0.29) is 0 Å². The van der Waals surface area contributed by atoms with Crippen LogP contribution >= 0.6 is 27.7 Å². The Balaban J connectivity index is 1.80. The van der Waals surface area contributed by atoms with Crippen molar-refractivity contribution < 1.29 is 0 Å².